The number of benzene rings is 2. The number of rotatable bonds is 4. The smallest absolute Gasteiger partial charge is 0.270 e. The third kappa shape index (κ3) is 4.97. The van der Waals surface area contributed by atoms with Gasteiger partial charge in [-0.1, -0.05) is 23.7 Å². The molecule has 0 fully saturated rings. The second-order valence-corrected chi connectivity index (χ2v) is 5.94. The van der Waals surface area contributed by atoms with Gasteiger partial charge in [0.15, 0.2) is 0 Å². The fourth-order valence-corrected chi connectivity index (χ4v) is 2.38. The van der Waals surface area contributed by atoms with Crippen LogP contribution in [0.2, 0.25) is 5.02 Å². The summed E-state index contributed by atoms with van der Waals surface area (Å²) >= 11 is 9.07. The number of nitrogens with one attached hydrogen (secondary N) is 2. The van der Waals surface area contributed by atoms with Gasteiger partial charge in [0.25, 0.3) is 5.91 Å². The fraction of sp³-hybridized carbons (Fsp3) is 0.125. The number of halogens is 2. The molecule has 2 amide bonds. The van der Waals surface area contributed by atoms with Crippen LogP contribution in [0.25, 0.3) is 0 Å². The van der Waals surface area contributed by atoms with Crippen LogP contribution in [0.4, 0.5) is 0 Å². The molecule has 0 heterocycles. The molecule has 0 aromatic heterocycles. The normalized spacial score (nSPS) is 10.0. The molecule has 0 aliphatic rings. The summed E-state index contributed by atoms with van der Waals surface area (Å²) < 4.78 is 5.68. The molecule has 23 heavy (non-hydrogen) atoms. The maximum absolute atomic E-state index is 12.1. The maximum Gasteiger partial charge on any atom is 0.270 e. The second-order valence-electron chi connectivity index (χ2n) is 4.65. The van der Waals surface area contributed by atoms with E-state index in [2.05, 4.69) is 26.8 Å². The van der Waals surface area contributed by atoms with Crippen LogP contribution in [0, 0.1) is 0 Å². The van der Waals surface area contributed by atoms with E-state index in [0.717, 1.165) is 5.56 Å². The van der Waals surface area contributed by atoms with Crippen molar-refractivity contribution in [3.05, 3.63) is 63.1 Å². The van der Waals surface area contributed by atoms with Crippen molar-refractivity contribution >= 4 is 39.3 Å². The van der Waals surface area contributed by atoms with Crippen LogP contribution < -0.4 is 15.6 Å². The predicted molar refractivity (Wildman–Crippen MR) is 91.5 cm³/mol. The van der Waals surface area contributed by atoms with Gasteiger partial charge in [-0.2, -0.15) is 0 Å². The molecule has 0 unspecified atom stereocenters. The van der Waals surface area contributed by atoms with Crippen molar-refractivity contribution in [2.75, 3.05) is 7.11 Å². The zero-order valence-corrected chi connectivity index (χ0v) is 14.6. The largest absolute Gasteiger partial charge is 0.497 e. The Kier molecular flexibility index (Phi) is 6.01. The number of hydrogen-bond acceptors (Lipinski definition) is 3. The topological polar surface area (TPSA) is 67.4 Å². The molecule has 0 saturated carbocycles. The van der Waals surface area contributed by atoms with Crippen LogP contribution in [0.1, 0.15) is 15.9 Å². The summed E-state index contributed by atoms with van der Waals surface area (Å²) in [4.78, 5) is 24.0. The number of carbonyl (C=O) groups is 2. The van der Waals surface area contributed by atoms with E-state index in [1.54, 1.807) is 42.5 Å². The molecule has 0 saturated heterocycles. The number of hydrazine groups is 1. The zero-order chi connectivity index (χ0) is 16.8. The number of hydrogen-bond donors (Lipinski definition) is 2. The van der Waals surface area contributed by atoms with E-state index in [9.17, 15) is 9.59 Å². The summed E-state index contributed by atoms with van der Waals surface area (Å²) in [5.74, 6) is -0.231. The first-order chi connectivity index (χ1) is 11.0. The quantitative estimate of drug-likeness (QED) is 0.779. The Morgan fingerprint density at radius 1 is 1.13 bits per heavy atom. The van der Waals surface area contributed by atoms with Gasteiger partial charge < -0.3 is 4.74 Å². The monoisotopic (exact) mass is 396 g/mol. The summed E-state index contributed by atoms with van der Waals surface area (Å²) in [5.41, 5.74) is 5.90. The molecule has 2 aromatic carbocycles. The molecule has 120 valence electrons. The van der Waals surface area contributed by atoms with Gasteiger partial charge in [-0.05, 0) is 51.8 Å². The molecule has 0 radical (unpaired) electrons. The van der Waals surface area contributed by atoms with Crippen molar-refractivity contribution in [2.24, 2.45) is 0 Å². The molecular weight excluding hydrogens is 384 g/mol. The van der Waals surface area contributed by atoms with Gasteiger partial charge in [0, 0.05) is 9.50 Å². The summed E-state index contributed by atoms with van der Waals surface area (Å²) in [5, 5.41) is 0.602. The first-order valence-electron chi connectivity index (χ1n) is 6.67. The summed E-state index contributed by atoms with van der Waals surface area (Å²) in [6.45, 7) is 0. The summed E-state index contributed by atoms with van der Waals surface area (Å²) in [7, 11) is 1.51. The van der Waals surface area contributed by atoms with Crippen LogP contribution in [0.3, 0.4) is 0 Å². The maximum atomic E-state index is 12.1. The van der Waals surface area contributed by atoms with Crippen LogP contribution in [-0.2, 0) is 11.2 Å². The molecule has 0 atom stereocenters. The molecule has 2 N–H and O–H groups in total. The Morgan fingerprint density at radius 3 is 2.48 bits per heavy atom. The molecule has 2 aromatic rings. The van der Waals surface area contributed by atoms with Crippen molar-refractivity contribution < 1.29 is 14.3 Å². The lowest BCUT2D eigenvalue weighted by Gasteiger charge is -2.10. The average Bonchev–Trinajstić information content (AvgIpc) is 2.55. The van der Waals surface area contributed by atoms with Crippen molar-refractivity contribution in [3.8, 4) is 5.75 Å². The van der Waals surface area contributed by atoms with E-state index in [1.807, 2.05) is 0 Å². The van der Waals surface area contributed by atoms with Gasteiger partial charge in [-0.3, -0.25) is 20.4 Å². The lowest BCUT2D eigenvalue weighted by molar-refractivity contribution is -0.121. The molecule has 0 aliphatic carbocycles. The Balaban J connectivity index is 1.93. The number of amides is 2. The van der Waals surface area contributed by atoms with Crippen LogP contribution in [0.5, 0.6) is 5.75 Å². The molecule has 0 bridgehead atoms. The Labute approximate surface area is 147 Å². The Morgan fingerprint density at radius 2 is 1.83 bits per heavy atom. The van der Waals surface area contributed by atoms with Gasteiger partial charge in [0.2, 0.25) is 5.91 Å². The van der Waals surface area contributed by atoms with E-state index in [-0.39, 0.29) is 12.3 Å². The lowest BCUT2D eigenvalue weighted by Crippen LogP contribution is -2.42. The zero-order valence-electron chi connectivity index (χ0n) is 12.2. The first-order valence-corrected chi connectivity index (χ1v) is 7.84. The molecule has 2 rings (SSSR count). The van der Waals surface area contributed by atoms with Gasteiger partial charge in [0.1, 0.15) is 5.75 Å². The minimum absolute atomic E-state index is 0.136. The Bertz CT molecular complexity index is 720. The van der Waals surface area contributed by atoms with Gasteiger partial charge in [-0.15, -0.1) is 0 Å². The first kappa shape index (κ1) is 17.3. The van der Waals surface area contributed by atoms with Gasteiger partial charge in [-0.25, -0.2) is 0 Å². The second kappa shape index (κ2) is 7.99. The average molecular weight is 398 g/mol. The van der Waals surface area contributed by atoms with Crippen LogP contribution >= 0.6 is 27.5 Å². The number of methoxy groups -OCH3 is 1. The Hall–Kier alpha value is -2.05. The van der Waals surface area contributed by atoms with Crippen LogP contribution in [-0.4, -0.2) is 18.9 Å². The van der Waals surface area contributed by atoms with E-state index >= 15 is 0 Å². The van der Waals surface area contributed by atoms with Crippen molar-refractivity contribution in [1.29, 1.82) is 0 Å². The third-order valence-corrected chi connectivity index (χ3v) is 3.96. The number of ether oxygens (including phenoxy) is 1. The summed E-state index contributed by atoms with van der Waals surface area (Å²) in [6, 6.07) is 11.9. The molecule has 5 nitrogen and oxygen atoms in total. The standard InChI is InChI=1S/C16H14BrClN2O3/c1-23-12-6-7-14(17)13(9-12)16(22)20-19-15(21)8-10-2-4-11(18)5-3-10/h2-7,9H,8H2,1H3,(H,19,21)(H,20,22). The third-order valence-electron chi connectivity index (χ3n) is 3.01. The predicted octanol–water partition coefficient (Wildman–Crippen LogP) is 3.11. The van der Waals surface area contributed by atoms with E-state index in [0.29, 0.717) is 20.8 Å². The highest BCUT2D eigenvalue weighted by Gasteiger charge is 2.12. The van der Waals surface area contributed by atoms with Gasteiger partial charge >= 0.3 is 0 Å². The van der Waals surface area contributed by atoms with E-state index < -0.39 is 5.91 Å². The molecule has 7 heteroatoms. The van der Waals surface area contributed by atoms with E-state index in [1.165, 1.54) is 7.11 Å². The van der Waals surface area contributed by atoms with Crippen molar-refractivity contribution in [2.45, 2.75) is 6.42 Å². The highest BCUT2D eigenvalue weighted by atomic mass is 79.9. The van der Waals surface area contributed by atoms with Crippen molar-refractivity contribution in [1.82, 2.24) is 10.9 Å². The summed E-state index contributed by atoms with van der Waals surface area (Å²) in [6.07, 6.45) is 0.136. The van der Waals surface area contributed by atoms with Crippen molar-refractivity contribution in [3.63, 3.8) is 0 Å². The van der Waals surface area contributed by atoms with Gasteiger partial charge in [0.05, 0.1) is 19.1 Å². The molecule has 0 aliphatic heterocycles. The highest BCUT2D eigenvalue weighted by Crippen LogP contribution is 2.22. The number of carbonyl (C=O) groups excluding carboxylic acids is 2. The molecular formula is C16H14BrClN2O3. The van der Waals surface area contributed by atoms with Crippen LogP contribution in [0.15, 0.2) is 46.9 Å². The van der Waals surface area contributed by atoms with E-state index in [4.69, 9.17) is 16.3 Å². The lowest BCUT2D eigenvalue weighted by atomic mass is 10.1. The minimum atomic E-state index is -0.444. The highest BCUT2D eigenvalue weighted by molar-refractivity contribution is 9.10. The minimum Gasteiger partial charge on any atom is -0.497 e. The SMILES string of the molecule is COc1ccc(Br)c(C(=O)NNC(=O)Cc2ccc(Cl)cc2)c1. The fourth-order valence-electron chi connectivity index (χ4n) is 1.83. The molecule has 0 spiro atoms.